The van der Waals surface area contributed by atoms with Crippen molar-refractivity contribution in [3.8, 4) is 0 Å². The van der Waals surface area contributed by atoms with E-state index >= 15 is 0 Å². The summed E-state index contributed by atoms with van der Waals surface area (Å²) >= 11 is 0. The first kappa shape index (κ1) is 17.4. The summed E-state index contributed by atoms with van der Waals surface area (Å²) in [6.45, 7) is 1.50. The first-order chi connectivity index (χ1) is 12.5. The van der Waals surface area contributed by atoms with Crippen molar-refractivity contribution >= 4 is 11.9 Å². The lowest BCUT2D eigenvalue weighted by Crippen LogP contribution is -2.67. The van der Waals surface area contributed by atoms with Gasteiger partial charge in [-0.3, -0.25) is 9.59 Å². The highest BCUT2D eigenvalue weighted by Gasteiger charge is 2.65. The molecular formula is C18H20O8. The minimum Gasteiger partial charge on any atom is -0.455 e. The second-order valence-electron chi connectivity index (χ2n) is 6.51. The molecule has 0 aliphatic carbocycles. The van der Waals surface area contributed by atoms with E-state index < -0.39 is 48.4 Å². The molecule has 0 N–H and O–H groups in total. The predicted molar refractivity (Wildman–Crippen MR) is 84.7 cm³/mol. The highest BCUT2D eigenvalue weighted by Crippen LogP contribution is 2.45. The molecule has 0 bridgehead atoms. The zero-order chi connectivity index (χ0) is 18.3. The largest absolute Gasteiger partial charge is 0.455 e. The first-order valence-corrected chi connectivity index (χ1v) is 8.44. The molecule has 3 aliphatic heterocycles. The Morgan fingerprint density at radius 2 is 2.04 bits per heavy atom. The Balaban J connectivity index is 1.64. The Labute approximate surface area is 150 Å². The van der Waals surface area contributed by atoms with E-state index in [0.717, 1.165) is 5.56 Å². The highest BCUT2D eigenvalue weighted by molar-refractivity contribution is 5.74. The lowest BCUT2D eigenvalue weighted by molar-refractivity contribution is -0.384. The van der Waals surface area contributed by atoms with Crippen molar-refractivity contribution in [1.82, 2.24) is 0 Å². The predicted octanol–water partition coefficient (Wildman–Crippen LogP) is 1.09. The molecule has 26 heavy (non-hydrogen) atoms. The number of carbonyl (C=O) groups excluding carboxylic acids is 2. The van der Waals surface area contributed by atoms with Crippen LogP contribution in [0.3, 0.4) is 0 Å². The van der Waals surface area contributed by atoms with Crippen molar-refractivity contribution in [1.29, 1.82) is 0 Å². The Kier molecular flexibility index (Phi) is 4.44. The minimum atomic E-state index is -1.31. The normalized spacial score (nSPS) is 38.8. The molecule has 0 aromatic heterocycles. The van der Waals surface area contributed by atoms with Gasteiger partial charge in [-0.1, -0.05) is 30.3 Å². The number of rotatable bonds is 3. The Hall–Kier alpha value is -2.00. The molecule has 4 unspecified atom stereocenters. The van der Waals surface area contributed by atoms with E-state index in [-0.39, 0.29) is 13.0 Å². The Morgan fingerprint density at radius 1 is 1.27 bits per heavy atom. The molecule has 1 aromatic rings. The van der Waals surface area contributed by atoms with Crippen LogP contribution in [0.1, 0.15) is 25.2 Å². The summed E-state index contributed by atoms with van der Waals surface area (Å²) in [5.74, 6) is -2.30. The van der Waals surface area contributed by atoms with Crippen molar-refractivity contribution in [3.05, 3.63) is 35.9 Å². The summed E-state index contributed by atoms with van der Waals surface area (Å²) in [5.41, 5.74) is 0.833. The standard InChI is InChI=1S/C18H20O8/c1-10(19)23-15-14-12(26-18(21-2)8-13(20)24-16(15)18)9-22-17(25-14)11-6-4-3-5-7-11/h3-7,12,14-17H,8-9H2,1-2H3/t12?,14-,15?,16?,17?,18+/m0/s1. The van der Waals surface area contributed by atoms with Gasteiger partial charge < -0.3 is 28.4 Å². The van der Waals surface area contributed by atoms with Crippen LogP contribution < -0.4 is 0 Å². The maximum Gasteiger partial charge on any atom is 0.312 e. The number of fused-ring (bicyclic) bond motifs is 2. The smallest absolute Gasteiger partial charge is 0.312 e. The van der Waals surface area contributed by atoms with Crippen LogP contribution >= 0.6 is 0 Å². The highest BCUT2D eigenvalue weighted by atomic mass is 16.8. The molecular weight excluding hydrogens is 344 g/mol. The minimum absolute atomic E-state index is 0.0860. The van der Waals surface area contributed by atoms with Gasteiger partial charge in [0.25, 0.3) is 0 Å². The molecule has 0 saturated carbocycles. The average Bonchev–Trinajstić information content (AvgIpc) is 2.98. The van der Waals surface area contributed by atoms with Gasteiger partial charge in [-0.25, -0.2) is 0 Å². The number of ether oxygens (including phenoxy) is 6. The van der Waals surface area contributed by atoms with Gasteiger partial charge in [-0.2, -0.15) is 0 Å². The van der Waals surface area contributed by atoms with Gasteiger partial charge in [0, 0.05) is 19.6 Å². The van der Waals surface area contributed by atoms with Crippen LogP contribution in [0, 0.1) is 0 Å². The maximum absolute atomic E-state index is 11.9. The van der Waals surface area contributed by atoms with Gasteiger partial charge in [-0.15, -0.1) is 0 Å². The van der Waals surface area contributed by atoms with E-state index in [1.165, 1.54) is 14.0 Å². The number of hydrogen-bond donors (Lipinski definition) is 0. The van der Waals surface area contributed by atoms with Gasteiger partial charge in [0.2, 0.25) is 5.79 Å². The SMILES string of the molecule is CO[C@@]12CC(=O)OC1C(OC(C)=O)[C@H]1OC(c3ccccc3)OCC1O2. The second-order valence-corrected chi connectivity index (χ2v) is 6.51. The van der Waals surface area contributed by atoms with E-state index in [4.69, 9.17) is 28.4 Å². The average molecular weight is 364 g/mol. The van der Waals surface area contributed by atoms with Gasteiger partial charge in [-0.05, 0) is 0 Å². The van der Waals surface area contributed by atoms with Crippen LogP contribution in [-0.4, -0.2) is 55.9 Å². The van der Waals surface area contributed by atoms with E-state index in [0.29, 0.717) is 0 Å². The third-order valence-corrected chi connectivity index (χ3v) is 4.83. The van der Waals surface area contributed by atoms with E-state index in [2.05, 4.69) is 0 Å². The molecule has 6 atom stereocenters. The fourth-order valence-corrected chi connectivity index (χ4v) is 3.71. The van der Waals surface area contributed by atoms with Gasteiger partial charge in [0.15, 0.2) is 18.5 Å². The van der Waals surface area contributed by atoms with Crippen LogP contribution in [0.25, 0.3) is 0 Å². The van der Waals surface area contributed by atoms with E-state index in [9.17, 15) is 9.59 Å². The molecule has 8 nitrogen and oxygen atoms in total. The molecule has 8 heteroatoms. The molecule has 0 amide bonds. The van der Waals surface area contributed by atoms with Crippen molar-refractivity contribution in [2.45, 2.75) is 49.8 Å². The van der Waals surface area contributed by atoms with Gasteiger partial charge in [0.1, 0.15) is 18.6 Å². The first-order valence-electron chi connectivity index (χ1n) is 8.44. The number of esters is 2. The summed E-state index contributed by atoms with van der Waals surface area (Å²) in [4.78, 5) is 23.6. The molecule has 0 radical (unpaired) electrons. The number of methoxy groups -OCH3 is 1. The van der Waals surface area contributed by atoms with Gasteiger partial charge in [0.05, 0.1) is 6.61 Å². The van der Waals surface area contributed by atoms with Crippen LogP contribution in [0.2, 0.25) is 0 Å². The summed E-state index contributed by atoms with van der Waals surface area (Å²) in [6.07, 6.45) is -3.70. The van der Waals surface area contributed by atoms with Crippen molar-refractivity contribution in [2.24, 2.45) is 0 Å². The van der Waals surface area contributed by atoms with E-state index in [1.807, 2.05) is 30.3 Å². The second kappa shape index (κ2) is 6.62. The van der Waals surface area contributed by atoms with Crippen molar-refractivity contribution < 1.29 is 38.0 Å². The summed E-state index contributed by atoms with van der Waals surface area (Å²) in [7, 11) is 1.43. The van der Waals surface area contributed by atoms with Crippen molar-refractivity contribution in [3.63, 3.8) is 0 Å². The zero-order valence-corrected chi connectivity index (χ0v) is 14.5. The van der Waals surface area contributed by atoms with Crippen LogP contribution in [-0.2, 0) is 38.0 Å². The molecule has 3 fully saturated rings. The molecule has 1 aromatic carbocycles. The molecule has 3 aliphatic rings. The summed E-state index contributed by atoms with van der Waals surface area (Å²) in [6, 6.07) is 9.41. The molecule has 0 spiro atoms. The zero-order valence-electron chi connectivity index (χ0n) is 14.5. The molecule has 140 valence electrons. The van der Waals surface area contributed by atoms with Crippen LogP contribution in [0.15, 0.2) is 30.3 Å². The van der Waals surface area contributed by atoms with Gasteiger partial charge >= 0.3 is 11.9 Å². The third-order valence-electron chi connectivity index (χ3n) is 4.83. The summed E-state index contributed by atoms with van der Waals surface area (Å²) < 4.78 is 34.2. The van der Waals surface area contributed by atoms with Crippen molar-refractivity contribution in [2.75, 3.05) is 13.7 Å². The molecule has 4 rings (SSSR count). The fraction of sp³-hybridized carbons (Fsp3) is 0.556. The topological polar surface area (TPSA) is 89.5 Å². The number of benzene rings is 1. The van der Waals surface area contributed by atoms with Crippen LogP contribution in [0.4, 0.5) is 0 Å². The molecule has 3 saturated heterocycles. The fourth-order valence-electron chi connectivity index (χ4n) is 3.71. The Morgan fingerprint density at radius 3 is 2.73 bits per heavy atom. The quantitative estimate of drug-likeness (QED) is 0.737. The summed E-state index contributed by atoms with van der Waals surface area (Å²) in [5, 5.41) is 0. The molecule has 3 heterocycles. The Bertz CT molecular complexity index is 692. The maximum atomic E-state index is 11.9. The monoisotopic (exact) mass is 364 g/mol. The number of hydrogen-bond acceptors (Lipinski definition) is 8. The van der Waals surface area contributed by atoms with Crippen LogP contribution in [0.5, 0.6) is 0 Å². The third kappa shape index (κ3) is 2.88. The lowest BCUT2D eigenvalue weighted by atomic mass is 9.91. The number of carbonyl (C=O) groups is 2. The lowest BCUT2D eigenvalue weighted by Gasteiger charge is -2.50. The van der Waals surface area contributed by atoms with E-state index in [1.54, 1.807) is 0 Å².